The van der Waals surface area contributed by atoms with Gasteiger partial charge in [-0.2, -0.15) is 0 Å². The van der Waals surface area contributed by atoms with Crippen LogP contribution >= 0.6 is 0 Å². The third-order valence-corrected chi connectivity index (χ3v) is 2.04. The summed E-state index contributed by atoms with van der Waals surface area (Å²) in [5, 5.41) is 11.9. The molecule has 0 saturated carbocycles. The summed E-state index contributed by atoms with van der Waals surface area (Å²) in [6.07, 6.45) is 4.16. The number of aromatic nitrogens is 1. The molecule has 0 aliphatic carbocycles. The smallest absolute Gasteiger partial charge is 0.0547 e. The first-order chi connectivity index (χ1) is 6.72. The second-order valence-corrected chi connectivity index (χ2v) is 3.51. The van der Waals surface area contributed by atoms with Crippen molar-refractivity contribution in [2.45, 2.75) is 13.3 Å². The summed E-state index contributed by atoms with van der Waals surface area (Å²) in [6.45, 7) is 3.15. The van der Waals surface area contributed by atoms with Crippen molar-refractivity contribution in [2.75, 3.05) is 24.2 Å². The number of rotatable bonds is 5. The van der Waals surface area contributed by atoms with E-state index >= 15 is 0 Å². The number of aliphatic hydroxyl groups is 1. The van der Waals surface area contributed by atoms with Crippen molar-refractivity contribution in [2.24, 2.45) is 5.92 Å². The molecular formula is C10H17N3O. The van der Waals surface area contributed by atoms with E-state index in [9.17, 15) is 0 Å². The number of nitrogen functional groups attached to an aromatic ring is 1. The summed E-state index contributed by atoms with van der Waals surface area (Å²) >= 11 is 0. The molecule has 1 heterocycles. The van der Waals surface area contributed by atoms with Gasteiger partial charge in [-0.25, -0.2) is 0 Å². The largest absolute Gasteiger partial charge is 0.397 e. The first-order valence-corrected chi connectivity index (χ1v) is 4.77. The van der Waals surface area contributed by atoms with Gasteiger partial charge >= 0.3 is 0 Å². The molecule has 0 bridgehead atoms. The topological polar surface area (TPSA) is 71.2 Å². The minimum Gasteiger partial charge on any atom is -0.397 e. The number of nitrogens with one attached hydrogen (secondary N) is 1. The Kier molecular flexibility index (Phi) is 4.19. The van der Waals surface area contributed by atoms with Crippen LogP contribution < -0.4 is 11.1 Å². The fraction of sp³-hybridized carbons (Fsp3) is 0.500. The van der Waals surface area contributed by atoms with E-state index in [1.165, 1.54) is 0 Å². The number of hydrogen-bond acceptors (Lipinski definition) is 4. The quantitative estimate of drug-likeness (QED) is 0.657. The molecule has 1 aromatic heterocycles. The highest BCUT2D eigenvalue weighted by atomic mass is 16.3. The Morgan fingerprint density at radius 3 is 3.00 bits per heavy atom. The molecule has 14 heavy (non-hydrogen) atoms. The number of pyridine rings is 1. The predicted molar refractivity (Wildman–Crippen MR) is 58.0 cm³/mol. The second kappa shape index (κ2) is 5.44. The van der Waals surface area contributed by atoms with E-state index in [0.717, 1.165) is 18.7 Å². The first-order valence-electron chi connectivity index (χ1n) is 4.77. The fourth-order valence-electron chi connectivity index (χ4n) is 1.17. The third kappa shape index (κ3) is 3.62. The van der Waals surface area contributed by atoms with Gasteiger partial charge in [-0.1, -0.05) is 6.92 Å². The van der Waals surface area contributed by atoms with Crippen LogP contribution in [0.4, 0.5) is 11.4 Å². The SMILES string of the molecule is CC(CCO)CNc1cncc(N)c1. The lowest BCUT2D eigenvalue weighted by Crippen LogP contribution is -2.12. The molecule has 0 spiro atoms. The molecule has 4 N–H and O–H groups in total. The summed E-state index contributed by atoms with van der Waals surface area (Å²) in [5.74, 6) is 0.446. The monoisotopic (exact) mass is 195 g/mol. The highest BCUT2D eigenvalue weighted by Crippen LogP contribution is 2.10. The Labute approximate surface area is 84.2 Å². The number of hydrogen-bond donors (Lipinski definition) is 3. The lowest BCUT2D eigenvalue weighted by atomic mass is 10.1. The Bertz CT molecular complexity index is 278. The molecule has 4 nitrogen and oxygen atoms in total. The fourth-order valence-corrected chi connectivity index (χ4v) is 1.17. The van der Waals surface area contributed by atoms with Gasteiger partial charge in [0.05, 0.1) is 17.6 Å². The maximum Gasteiger partial charge on any atom is 0.0547 e. The predicted octanol–water partition coefficient (Wildman–Crippen LogP) is 1.09. The number of anilines is 2. The molecule has 0 aromatic carbocycles. The van der Waals surface area contributed by atoms with Crippen LogP contribution in [0, 0.1) is 5.92 Å². The average Bonchev–Trinajstić information content (AvgIpc) is 2.15. The standard InChI is InChI=1S/C10H17N3O/c1-8(2-3-14)5-13-10-4-9(11)6-12-7-10/h4,6-8,13-14H,2-3,5,11H2,1H3. The molecule has 1 rings (SSSR count). The van der Waals surface area contributed by atoms with E-state index < -0.39 is 0 Å². The second-order valence-electron chi connectivity index (χ2n) is 3.51. The Morgan fingerprint density at radius 2 is 2.36 bits per heavy atom. The minimum atomic E-state index is 0.234. The minimum absolute atomic E-state index is 0.234. The Morgan fingerprint density at radius 1 is 1.57 bits per heavy atom. The van der Waals surface area contributed by atoms with Gasteiger partial charge in [-0.3, -0.25) is 4.98 Å². The molecule has 1 atom stereocenters. The zero-order valence-corrected chi connectivity index (χ0v) is 8.40. The maximum atomic E-state index is 8.72. The molecule has 0 radical (unpaired) electrons. The van der Waals surface area contributed by atoms with Gasteiger partial charge in [0.15, 0.2) is 0 Å². The molecule has 78 valence electrons. The van der Waals surface area contributed by atoms with Crippen LogP contribution in [-0.4, -0.2) is 23.2 Å². The van der Waals surface area contributed by atoms with Crippen molar-refractivity contribution in [3.63, 3.8) is 0 Å². The number of nitrogens with zero attached hydrogens (tertiary/aromatic N) is 1. The summed E-state index contributed by atoms with van der Waals surface area (Å²) < 4.78 is 0. The van der Waals surface area contributed by atoms with E-state index in [-0.39, 0.29) is 6.61 Å². The Balaban J connectivity index is 2.37. The molecule has 0 saturated heterocycles. The molecule has 4 heteroatoms. The summed E-state index contributed by atoms with van der Waals surface area (Å²) in [7, 11) is 0. The van der Waals surface area contributed by atoms with Crippen LogP contribution in [0.15, 0.2) is 18.5 Å². The normalized spacial score (nSPS) is 12.4. The van der Waals surface area contributed by atoms with E-state index in [4.69, 9.17) is 10.8 Å². The van der Waals surface area contributed by atoms with E-state index in [1.807, 2.05) is 6.07 Å². The zero-order valence-electron chi connectivity index (χ0n) is 8.40. The van der Waals surface area contributed by atoms with E-state index in [1.54, 1.807) is 12.4 Å². The lowest BCUT2D eigenvalue weighted by molar-refractivity contribution is 0.266. The molecular weight excluding hydrogens is 178 g/mol. The molecule has 0 aliphatic heterocycles. The van der Waals surface area contributed by atoms with Crippen LogP contribution in [0.3, 0.4) is 0 Å². The van der Waals surface area contributed by atoms with Crippen molar-refractivity contribution in [1.29, 1.82) is 0 Å². The summed E-state index contributed by atoms with van der Waals surface area (Å²) in [6, 6.07) is 1.85. The van der Waals surface area contributed by atoms with E-state index in [0.29, 0.717) is 11.6 Å². The van der Waals surface area contributed by atoms with Crippen molar-refractivity contribution in [1.82, 2.24) is 4.98 Å². The highest BCUT2D eigenvalue weighted by Gasteiger charge is 2.00. The van der Waals surface area contributed by atoms with E-state index in [2.05, 4.69) is 17.2 Å². The van der Waals surface area contributed by atoms with Gasteiger partial charge in [-0.05, 0) is 18.4 Å². The highest BCUT2D eigenvalue weighted by molar-refractivity contribution is 5.51. The average molecular weight is 195 g/mol. The summed E-state index contributed by atoms with van der Waals surface area (Å²) in [5.41, 5.74) is 7.16. The van der Waals surface area contributed by atoms with Crippen LogP contribution in [0.5, 0.6) is 0 Å². The Hall–Kier alpha value is -1.29. The van der Waals surface area contributed by atoms with Crippen LogP contribution in [-0.2, 0) is 0 Å². The van der Waals surface area contributed by atoms with Gasteiger partial charge < -0.3 is 16.2 Å². The molecule has 0 fully saturated rings. The number of aliphatic hydroxyl groups excluding tert-OH is 1. The lowest BCUT2D eigenvalue weighted by Gasteiger charge is -2.11. The van der Waals surface area contributed by atoms with Crippen molar-refractivity contribution in [3.8, 4) is 0 Å². The first kappa shape index (κ1) is 10.8. The molecule has 0 aliphatic rings. The van der Waals surface area contributed by atoms with Crippen LogP contribution in [0.1, 0.15) is 13.3 Å². The maximum absolute atomic E-state index is 8.72. The van der Waals surface area contributed by atoms with Crippen molar-refractivity contribution < 1.29 is 5.11 Å². The van der Waals surface area contributed by atoms with Crippen molar-refractivity contribution >= 4 is 11.4 Å². The van der Waals surface area contributed by atoms with Gasteiger partial charge in [0, 0.05) is 19.3 Å². The molecule has 1 unspecified atom stereocenters. The van der Waals surface area contributed by atoms with Gasteiger partial charge in [0.1, 0.15) is 0 Å². The zero-order chi connectivity index (χ0) is 10.4. The molecule has 0 amide bonds. The third-order valence-electron chi connectivity index (χ3n) is 2.04. The van der Waals surface area contributed by atoms with Gasteiger partial charge in [0.2, 0.25) is 0 Å². The van der Waals surface area contributed by atoms with Gasteiger partial charge in [-0.15, -0.1) is 0 Å². The number of nitrogens with two attached hydrogens (primary N) is 1. The molecule has 1 aromatic rings. The van der Waals surface area contributed by atoms with Crippen molar-refractivity contribution in [3.05, 3.63) is 18.5 Å². The van der Waals surface area contributed by atoms with Gasteiger partial charge in [0.25, 0.3) is 0 Å². The summed E-state index contributed by atoms with van der Waals surface area (Å²) in [4.78, 5) is 3.97. The van der Waals surface area contributed by atoms with Crippen LogP contribution in [0.2, 0.25) is 0 Å². The van der Waals surface area contributed by atoms with Crippen LogP contribution in [0.25, 0.3) is 0 Å².